The number of alkyl carbamates (subject to hydrolysis) is 2. The number of carbonyl (C=O) groups excluding carboxylic acids is 4. The van der Waals surface area contributed by atoms with Crippen LogP contribution in [0, 0.1) is 17.8 Å². The normalized spacial score (nSPS) is 21.2. The molecule has 2 saturated heterocycles. The number of ether oxygens (including phenoxy) is 4. The lowest BCUT2D eigenvalue weighted by molar-refractivity contribution is -0.136. The van der Waals surface area contributed by atoms with Crippen molar-refractivity contribution in [3.05, 3.63) is 71.6 Å². The number of H-pyrrole nitrogens is 2. The molecule has 0 bridgehead atoms. The molecule has 4 amide bonds. The van der Waals surface area contributed by atoms with Crippen molar-refractivity contribution in [2.45, 2.75) is 96.5 Å². The molecule has 4 aliphatic heterocycles. The monoisotopic (exact) mass is 860 g/mol. The van der Waals surface area contributed by atoms with E-state index in [1.54, 1.807) is 0 Å². The van der Waals surface area contributed by atoms with Gasteiger partial charge in [0, 0.05) is 52.4 Å². The van der Waals surface area contributed by atoms with Crippen LogP contribution in [0.4, 0.5) is 9.59 Å². The molecule has 0 radical (unpaired) electrons. The van der Waals surface area contributed by atoms with Crippen LogP contribution in [0.25, 0.3) is 33.7 Å². The third-order valence-corrected chi connectivity index (χ3v) is 13.2. The summed E-state index contributed by atoms with van der Waals surface area (Å²) in [6, 6.07) is 10.6. The summed E-state index contributed by atoms with van der Waals surface area (Å²) in [5, 5.41) is 5.43. The lowest BCUT2D eigenvalue weighted by atomic mass is 9.84. The Morgan fingerprint density at radius 1 is 0.714 bits per heavy atom. The molecule has 3 fully saturated rings. The van der Waals surface area contributed by atoms with Crippen LogP contribution in [0.1, 0.15) is 101 Å². The fraction of sp³-hybridized carbons (Fsp3) is 0.489. The average Bonchev–Trinajstić information content (AvgIpc) is 3.75. The number of benzene rings is 2. The second-order valence-electron chi connectivity index (χ2n) is 17.9. The molecule has 3 unspecified atom stereocenters. The maximum Gasteiger partial charge on any atom is 0.407 e. The van der Waals surface area contributed by atoms with Gasteiger partial charge in [-0.25, -0.2) is 19.6 Å². The van der Waals surface area contributed by atoms with Gasteiger partial charge in [0.2, 0.25) is 11.8 Å². The second kappa shape index (κ2) is 17.1. The minimum absolute atomic E-state index is 0.118. The van der Waals surface area contributed by atoms with Crippen molar-refractivity contribution in [2.24, 2.45) is 17.8 Å². The molecule has 5 aliphatic rings. The summed E-state index contributed by atoms with van der Waals surface area (Å²) >= 11 is 0. The van der Waals surface area contributed by atoms with Crippen molar-refractivity contribution in [3.8, 4) is 34.0 Å². The Hall–Kier alpha value is -6.32. The summed E-state index contributed by atoms with van der Waals surface area (Å²) in [4.78, 5) is 71.7. The van der Waals surface area contributed by atoms with Gasteiger partial charge in [0.15, 0.2) is 0 Å². The van der Waals surface area contributed by atoms with E-state index in [-0.39, 0.29) is 41.8 Å². The van der Waals surface area contributed by atoms with Crippen LogP contribution in [0.2, 0.25) is 0 Å². The number of hydrogen-bond donors (Lipinski definition) is 4. The molecule has 1 saturated carbocycles. The third kappa shape index (κ3) is 7.99. The Morgan fingerprint density at radius 2 is 1.22 bits per heavy atom. The van der Waals surface area contributed by atoms with Gasteiger partial charge in [-0.1, -0.05) is 52.0 Å². The first-order valence-corrected chi connectivity index (χ1v) is 22.2. The minimum Gasteiger partial charge on any atom is -0.488 e. The molecule has 63 heavy (non-hydrogen) atoms. The maximum atomic E-state index is 13.7. The van der Waals surface area contributed by atoms with Crippen LogP contribution < -0.4 is 20.1 Å². The summed E-state index contributed by atoms with van der Waals surface area (Å²) in [5.41, 5.74) is 7.82. The summed E-state index contributed by atoms with van der Waals surface area (Å²) in [5.74, 6) is 2.87. The number of aromatic nitrogens is 4. The van der Waals surface area contributed by atoms with Crippen LogP contribution in [0.5, 0.6) is 11.5 Å². The van der Waals surface area contributed by atoms with Crippen molar-refractivity contribution >= 4 is 35.1 Å². The molecule has 5 atom stereocenters. The molecule has 332 valence electrons. The van der Waals surface area contributed by atoms with Gasteiger partial charge in [-0.15, -0.1) is 0 Å². The molecule has 2 aromatic heterocycles. The van der Waals surface area contributed by atoms with Crippen molar-refractivity contribution in [2.75, 3.05) is 33.9 Å². The van der Waals surface area contributed by atoms with Gasteiger partial charge < -0.3 is 49.3 Å². The molecular formula is C47H56N8O8. The molecule has 16 heteroatoms. The van der Waals surface area contributed by atoms with E-state index < -0.39 is 24.3 Å². The third-order valence-electron chi connectivity index (χ3n) is 13.2. The fourth-order valence-electron chi connectivity index (χ4n) is 9.62. The van der Waals surface area contributed by atoms with E-state index >= 15 is 0 Å². The topological polar surface area (TPSA) is 193 Å². The van der Waals surface area contributed by atoms with Gasteiger partial charge in [-0.3, -0.25) is 9.59 Å². The van der Waals surface area contributed by atoms with E-state index in [2.05, 4.69) is 57.0 Å². The molecular weight excluding hydrogens is 805 g/mol. The van der Waals surface area contributed by atoms with E-state index in [0.717, 1.165) is 89.2 Å². The van der Waals surface area contributed by atoms with Crippen molar-refractivity contribution < 1.29 is 38.1 Å². The van der Waals surface area contributed by atoms with Gasteiger partial charge in [-0.2, -0.15) is 0 Å². The highest BCUT2D eigenvalue weighted by atomic mass is 16.5. The maximum absolute atomic E-state index is 13.7. The van der Waals surface area contributed by atoms with Gasteiger partial charge in [0.25, 0.3) is 0 Å². The van der Waals surface area contributed by atoms with Crippen LogP contribution >= 0.6 is 0 Å². The Morgan fingerprint density at radius 3 is 1.71 bits per heavy atom. The van der Waals surface area contributed by atoms with Crippen LogP contribution in [0.3, 0.4) is 0 Å². The minimum atomic E-state index is -0.706. The Balaban J connectivity index is 0.943. The van der Waals surface area contributed by atoms with Crippen molar-refractivity contribution in [1.29, 1.82) is 0 Å². The molecule has 6 heterocycles. The highest BCUT2D eigenvalue weighted by Gasteiger charge is 2.44. The number of likely N-dealkylation sites (tertiary alicyclic amines) is 2. The number of fused-ring (bicyclic) bond motifs is 4. The average molecular weight is 861 g/mol. The SMILES string of the molecule is COC(=O)NC(C(=O)N1CCC[C@H]1c1ncc(-c2ccc3c(c2)OC(C2CC2)C2=C3COc3cc(-c4cnc([C@@H]5CCCN5C(=O)C(NC(=O)OC)C(C)C)[nH]4)ccc32)[nH]1)C(C)C. The van der Waals surface area contributed by atoms with Gasteiger partial charge in [-0.05, 0) is 62.5 Å². The Labute approximate surface area is 366 Å². The smallest absolute Gasteiger partial charge is 0.407 e. The van der Waals surface area contributed by atoms with Crippen molar-refractivity contribution in [1.82, 2.24) is 40.4 Å². The summed E-state index contributed by atoms with van der Waals surface area (Å²) in [6.45, 7) is 9.17. The lowest BCUT2D eigenvalue weighted by Gasteiger charge is -2.35. The van der Waals surface area contributed by atoms with Crippen LogP contribution in [-0.4, -0.2) is 106 Å². The van der Waals surface area contributed by atoms with E-state index in [9.17, 15) is 19.2 Å². The first kappa shape index (κ1) is 42.0. The predicted molar refractivity (Wildman–Crippen MR) is 233 cm³/mol. The highest BCUT2D eigenvalue weighted by molar-refractivity contribution is 6.00. The summed E-state index contributed by atoms with van der Waals surface area (Å²) in [6.07, 6.45) is 7.62. The molecule has 4 aromatic rings. The Bertz CT molecular complexity index is 2450. The number of aromatic amines is 2. The van der Waals surface area contributed by atoms with E-state index in [1.807, 2.05) is 49.9 Å². The number of amides is 4. The molecule has 16 nitrogen and oxygen atoms in total. The van der Waals surface area contributed by atoms with Gasteiger partial charge in [0.1, 0.15) is 47.9 Å². The zero-order chi connectivity index (χ0) is 44.1. The predicted octanol–water partition coefficient (Wildman–Crippen LogP) is 7.03. The molecule has 1 aliphatic carbocycles. The highest BCUT2D eigenvalue weighted by Crippen LogP contribution is 2.52. The molecule has 4 N–H and O–H groups in total. The van der Waals surface area contributed by atoms with Crippen LogP contribution in [-0.2, 0) is 19.1 Å². The second-order valence-corrected chi connectivity index (χ2v) is 17.9. The number of nitrogens with one attached hydrogen (secondary N) is 4. The first-order chi connectivity index (χ1) is 30.4. The molecule has 0 spiro atoms. The molecule has 9 rings (SSSR count). The van der Waals surface area contributed by atoms with E-state index in [4.69, 9.17) is 28.9 Å². The lowest BCUT2D eigenvalue weighted by Crippen LogP contribution is -2.51. The number of carbonyl (C=O) groups is 4. The largest absolute Gasteiger partial charge is 0.488 e. The van der Waals surface area contributed by atoms with Gasteiger partial charge >= 0.3 is 12.2 Å². The summed E-state index contributed by atoms with van der Waals surface area (Å²) < 4.78 is 23.1. The standard InChI is InChI=1S/C47H56N8O8/c1-24(2)39(52-46(58)60-5)44(56)54-17-7-9-34(54)42-48-21-32(50-42)27-14-16-30-36(19-27)62-23-31-29-15-13-28(20-37(29)63-41(38(30)31)26-11-12-26)33-22-49-43(51-33)35-10-8-18-55(35)45(57)40(25(3)4)53-47(59)61-6/h13-16,19-22,24-26,34-35,39-41H,7-12,17-18,23H2,1-6H3,(H,48,50)(H,49,51)(H,52,58)(H,53,59)/t34-,35-,39?,40?,41?/m0/s1. The molecule has 2 aromatic carbocycles. The fourth-order valence-corrected chi connectivity index (χ4v) is 9.62. The number of methoxy groups -OCH3 is 2. The van der Waals surface area contributed by atoms with Gasteiger partial charge in [0.05, 0.1) is 50.1 Å². The van der Waals surface area contributed by atoms with E-state index in [0.29, 0.717) is 37.3 Å². The Kier molecular flexibility index (Phi) is 11.4. The van der Waals surface area contributed by atoms with E-state index in [1.165, 1.54) is 19.8 Å². The zero-order valence-corrected chi connectivity index (χ0v) is 36.7. The zero-order valence-electron chi connectivity index (χ0n) is 36.7. The number of nitrogens with zero attached hydrogens (tertiary/aromatic N) is 4. The number of hydrogen-bond acceptors (Lipinski definition) is 10. The van der Waals surface area contributed by atoms with Crippen LogP contribution in [0.15, 0.2) is 48.8 Å². The number of imidazole rings is 2. The van der Waals surface area contributed by atoms with Crippen molar-refractivity contribution in [3.63, 3.8) is 0 Å². The number of rotatable bonds is 11. The first-order valence-electron chi connectivity index (χ1n) is 22.2. The quantitative estimate of drug-likeness (QED) is 0.122. The summed E-state index contributed by atoms with van der Waals surface area (Å²) in [7, 11) is 2.58.